The molecule has 164 valence electrons. The molecule has 0 aliphatic carbocycles. The lowest BCUT2D eigenvalue weighted by Crippen LogP contribution is -2.27. The molecule has 0 amide bonds. The molecule has 2 aromatic carbocycles. The van der Waals surface area contributed by atoms with Crippen LogP contribution in [0.3, 0.4) is 0 Å². The van der Waals surface area contributed by atoms with Crippen LogP contribution in [-0.2, 0) is 30.1 Å². The normalized spacial score (nSPS) is 16.1. The summed E-state index contributed by atoms with van der Waals surface area (Å²) in [7, 11) is -8.42. The van der Waals surface area contributed by atoms with Gasteiger partial charge in [-0.25, -0.2) is 29.6 Å². The van der Waals surface area contributed by atoms with Gasteiger partial charge in [0.15, 0.2) is 0 Å². The average molecular weight is 474 g/mol. The van der Waals surface area contributed by atoms with Crippen LogP contribution in [0.25, 0.3) is 0 Å². The number of nitrogens with zero attached hydrogens (tertiary/aromatic N) is 2. The van der Waals surface area contributed by atoms with E-state index in [4.69, 9.17) is 0 Å². The highest BCUT2D eigenvalue weighted by atomic mass is 32.2. The van der Waals surface area contributed by atoms with Crippen molar-refractivity contribution >= 4 is 35.8 Å². The van der Waals surface area contributed by atoms with Crippen molar-refractivity contribution in [1.82, 2.24) is 8.61 Å². The van der Waals surface area contributed by atoms with E-state index < -0.39 is 30.1 Å². The van der Waals surface area contributed by atoms with E-state index in [1.165, 1.54) is 66.9 Å². The highest BCUT2D eigenvalue weighted by molar-refractivity contribution is 7.92. The van der Waals surface area contributed by atoms with Crippen molar-refractivity contribution in [1.29, 1.82) is 0 Å². The predicted molar refractivity (Wildman–Crippen MR) is 113 cm³/mol. The lowest BCUT2D eigenvalue weighted by Gasteiger charge is -2.16. The number of rotatable bonds is 7. The SMILES string of the molecule is CN(C)S(=O)(=O)c1ccc(NS(=O)(=O)c2ccc(S(=O)(=O)N3CCCC3)cc2)cc1. The first-order valence-corrected chi connectivity index (χ1v) is 13.5. The Balaban J connectivity index is 1.79. The summed E-state index contributed by atoms with van der Waals surface area (Å²) in [5.41, 5.74) is 0.182. The number of hydrogen-bond donors (Lipinski definition) is 1. The van der Waals surface area contributed by atoms with Crippen LogP contribution in [0.15, 0.2) is 63.2 Å². The molecule has 0 bridgehead atoms. The Morgan fingerprint density at radius 3 is 1.70 bits per heavy atom. The Hall–Kier alpha value is -1.99. The number of benzene rings is 2. The summed E-state index contributed by atoms with van der Waals surface area (Å²) in [5.74, 6) is 0. The molecule has 0 aromatic heterocycles. The monoisotopic (exact) mass is 473 g/mol. The molecule has 0 radical (unpaired) electrons. The van der Waals surface area contributed by atoms with Crippen molar-refractivity contribution in [2.24, 2.45) is 0 Å². The van der Waals surface area contributed by atoms with Crippen molar-refractivity contribution in [3.05, 3.63) is 48.5 Å². The Bertz CT molecular complexity index is 1220. The number of hydrogen-bond acceptors (Lipinski definition) is 6. The minimum absolute atomic E-state index is 0.0342. The second-order valence-corrected chi connectivity index (χ2v) is 12.8. The smallest absolute Gasteiger partial charge is 0.261 e. The fourth-order valence-electron chi connectivity index (χ4n) is 2.99. The van der Waals surface area contributed by atoms with Gasteiger partial charge in [-0.2, -0.15) is 4.31 Å². The molecule has 30 heavy (non-hydrogen) atoms. The lowest BCUT2D eigenvalue weighted by atomic mass is 10.3. The van der Waals surface area contributed by atoms with E-state index in [0.29, 0.717) is 13.1 Å². The molecule has 1 heterocycles. The van der Waals surface area contributed by atoms with Crippen LogP contribution in [0.5, 0.6) is 0 Å². The van der Waals surface area contributed by atoms with Crippen LogP contribution in [0.2, 0.25) is 0 Å². The van der Waals surface area contributed by atoms with Crippen molar-refractivity contribution in [2.75, 3.05) is 31.9 Å². The Morgan fingerprint density at radius 2 is 1.20 bits per heavy atom. The molecule has 0 unspecified atom stereocenters. The topological polar surface area (TPSA) is 121 Å². The molecule has 9 nitrogen and oxygen atoms in total. The van der Waals surface area contributed by atoms with Crippen LogP contribution < -0.4 is 4.72 Å². The summed E-state index contributed by atoms with van der Waals surface area (Å²) in [6, 6.07) is 10.3. The number of nitrogens with one attached hydrogen (secondary N) is 1. The lowest BCUT2D eigenvalue weighted by molar-refractivity contribution is 0.477. The summed E-state index contributed by atoms with van der Waals surface area (Å²) < 4.78 is 79.3. The van der Waals surface area contributed by atoms with Crippen LogP contribution >= 0.6 is 0 Å². The zero-order valence-electron chi connectivity index (χ0n) is 16.5. The van der Waals surface area contributed by atoms with E-state index in [0.717, 1.165) is 17.1 Å². The zero-order valence-corrected chi connectivity index (χ0v) is 19.0. The first-order valence-electron chi connectivity index (χ1n) is 9.10. The standard InChI is InChI=1S/C18H23N3O6S3/c1-20(2)29(24,25)17-7-5-15(6-8-17)19-28(22,23)16-9-11-18(12-10-16)30(26,27)21-13-3-4-14-21/h5-12,19H,3-4,13-14H2,1-2H3. The molecule has 2 aromatic rings. The fraction of sp³-hybridized carbons (Fsp3) is 0.333. The van der Waals surface area contributed by atoms with Gasteiger partial charge in [0.25, 0.3) is 10.0 Å². The van der Waals surface area contributed by atoms with Gasteiger partial charge in [-0.05, 0) is 61.4 Å². The third-order valence-corrected chi connectivity index (χ3v) is 9.86. The summed E-state index contributed by atoms with van der Waals surface area (Å²) in [4.78, 5) is -0.0265. The van der Waals surface area contributed by atoms with Crippen LogP contribution in [0.1, 0.15) is 12.8 Å². The molecular formula is C18H23N3O6S3. The fourth-order valence-corrected chi connectivity index (χ4v) is 6.47. The van der Waals surface area contributed by atoms with Gasteiger partial charge in [-0.3, -0.25) is 4.72 Å². The zero-order chi connectivity index (χ0) is 22.2. The van der Waals surface area contributed by atoms with E-state index in [-0.39, 0.29) is 20.4 Å². The average Bonchev–Trinajstić information content (AvgIpc) is 3.24. The Labute approximate surface area is 177 Å². The van der Waals surface area contributed by atoms with Crippen LogP contribution in [-0.4, -0.2) is 61.0 Å². The molecule has 1 saturated heterocycles. The van der Waals surface area contributed by atoms with Gasteiger partial charge >= 0.3 is 0 Å². The van der Waals surface area contributed by atoms with E-state index in [1.807, 2.05) is 0 Å². The van der Waals surface area contributed by atoms with Gasteiger partial charge in [0.2, 0.25) is 20.0 Å². The Morgan fingerprint density at radius 1 is 0.733 bits per heavy atom. The first-order chi connectivity index (χ1) is 13.9. The van der Waals surface area contributed by atoms with Gasteiger partial charge in [0.1, 0.15) is 0 Å². The van der Waals surface area contributed by atoms with Gasteiger partial charge in [-0.15, -0.1) is 0 Å². The largest absolute Gasteiger partial charge is 0.280 e. The molecular weight excluding hydrogens is 450 g/mol. The number of anilines is 1. The van der Waals surface area contributed by atoms with E-state index in [2.05, 4.69) is 4.72 Å². The molecule has 0 saturated carbocycles. The minimum Gasteiger partial charge on any atom is -0.280 e. The summed E-state index contributed by atoms with van der Waals surface area (Å²) >= 11 is 0. The summed E-state index contributed by atoms with van der Waals surface area (Å²) in [6.07, 6.45) is 1.62. The highest BCUT2D eigenvalue weighted by Crippen LogP contribution is 2.24. The van der Waals surface area contributed by atoms with E-state index >= 15 is 0 Å². The third-order valence-electron chi connectivity index (χ3n) is 4.72. The Kier molecular flexibility index (Phi) is 6.25. The third kappa shape index (κ3) is 4.52. The molecule has 0 atom stereocenters. The summed E-state index contributed by atoms with van der Waals surface area (Å²) in [6.45, 7) is 0.924. The van der Waals surface area contributed by atoms with Gasteiger partial charge in [-0.1, -0.05) is 0 Å². The van der Waals surface area contributed by atoms with Crippen molar-refractivity contribution < 1.29 is 25.3 Å². The second-order valence-electron chi connectivity index (χ2n) is 7.00. The van der Waals surface area contributed by atoms with Gasteiger partial charge < -0.3 is 0 Å². The maximum absolute atomic E-state index is 12.6. The first kappa shape index (κ1) is 22.7. The van der Waals surface area contributed by atoms with Crippen LogP contribution in [0.4, 0.5) is 5.69 Å². The molecule has 3 rings (SSSR count). The maximum atomic E-state index is 12.6. The van der Waals surface area contributed by atoms with Crippen molar-refractivity contribution in [3.63, 3.8) is 0 Å². The minimum atomic E-state index is -3.98. The molecule has 1 aliphatic heterocycles. The molecule has 1 N–H and O–H groups in total. The van der Waals surface area contributed by atoms with Crippen molar-refractivity contribution in [2.45, 2.75) is 27.5 Å². The second kappa shape index (κ2) is 8.27. The highest BCUT2D eigenvalue weighted by Gasteiger charge is 2.27. The quantitative estimate of drug-likeness (QED) is 0.651. The predicted octanol–water partition coefficient (Wildman–Crippen LogP) is 1.52. The maximum Gasteiger partial charge on any atom is 0.261 e. The van der Waals surface area contributed by atoms with Crippen molar-refractivity contribution in [3.8, 4) is 0 Å². The van der Waals surface area contributed by atoms with E-state index in [9.17, 15) is 25.3 Å². The molecule has 1 fully saturated rings. The summed E-state index contributed by atoms with van der Waals surface area (Å²) in [5, 5.41) is 0. The molecule has 0 spiro atoms. The van der Waals surface area contributed by atoms with Gasteiger partial charge in [0, 0.05) is 32.9 Å². The number of sulfonamides is 3. The molecule has 1 aliphatic rings. The van der Waals surface area contributed by atoms with Gasteiger partial charge in [0.05, 0.1) is 14.7 Å². The molecule has 12 heteroatoms. The van der Waals surface area contributed by atoms with E-state index in [1.54, 1.807) is 0 Å². The van der Waals surface area contributed by atoms with Crippen LogP contribution in [0, 0.1) is 0 Å².